The first kappa shape index (κ1) is 12.7. The van der Waals surface area contributed by atoms with Crippen molar-refractivity contribution >= 4 is 28.2 Å². The van der Waals surface area contributed by atoms with Crippen LogP contribution in [-0.2, 0) is 0 Å². The highest BCUT2D eigenvalue weighted by molar-refractivity contribution is 6.36. The van der Waals surface area contributed by atoms with E-state index in [1.165, 1.54) is 11.3 Å². The van der Waals surface area contributed by atoms with Gasteiger partial charge >= 0.3 is 0 Å². The second-order valence-electron chi connectivity index (χ2n) is 5.11. The van der Waals surface area contributed by atoms with Gasteiger partial charge in [0, 0.05) is 42.9 Å². The third-order valence-corrected chi connectivity index (χ3v) is 3.99. The molecule has 2 heterocycles. The lowest BCUT2D eigenvalue weighted by atomic mass is 10.1. The Labute approximate surface area is 118 Å². The molecular formula is C15H18ClN3. The molecule has 100 valence electrons. The van der Waals surface area contributed by atoms with Crippen LogP contribution in [0.1, 0.15) is 11.3 Å². The SMILES string of the molecule is Cc1cc(N2CCNCC2)c2c(Cl)ccc(C)c2n1. The fraction of sp³-hybridized carbons (Fsp3) is 0.400. The second kappa shape index (κ2) is 4.99. The van der Waals surface area contributed by atoms with E-state index in [0.717, 1.165) is 47.8 Å². The van der Waals surface area contributed by atoms with Gasteiger partial charge in [0.15, 0.2) is 0 Å². The van der Waals surface area contributed by atoms with Crippen molar-refractivity contribution in [1.29, 1.82) is 0 Å². The molecule has 3 rings (SSSR count). The fourth-order valence-electron chi connectivity index (χ4n) is 2.69. The number of aryl methyl sites for hydroxylation is 2. The lowest BCUT2D eigenvalue weighted by Crippen LogP contribution is -2.43. The zero-order chi connectivity index (χ0) is 13.4. The lowest BCUT2D eigenvalue weighted by Gasteiger charge is -2.31. The predicted molar refractivity (Wildman–Crippen MR) is 81.3 cm³/mol. The van der Waals surface area contributed by atoms with E-state index in [4.69, 9.17) is 11.6 Å². The van der Waals surface area contributed by atoms with Gasteiger partial charge in [0.05, 0.1) is 10.5 Å². The first-order valence-electron chi connectivity index (χ1n) is 6.69. The van der Waals surface area contributed by atoms with E-state index in [9.17, 15) is 0 Å². The van der Waals surface area contributed by atoms with E-state index in [1.807, 2.05) is 19.1 Å². The number of pyridine rings is 1. The Morgan fingerprint density at radius 1 is 1.21 bits per heavy atom. The van der Waals surface area contributed by atoms with Crippen molar-refractivity contribution < 1.29 is 0 Å². The van der Waals surface area contributed by atoms with Gasteiger partial charge in [0.2, 0.25) is 0 Å². The average Bonchev–Trinajstić information content (AvgIpc) is 2.43. The van der Waals surface area contributed by atoms with Crippen LogP contribution in [-0.4, -0.2) is 31.2 Å². The molecule has 1 aromatic carbocycles. The van der Waals surface area contributed by atoms with Gasteiger partial charge in [-0.15, -0.1) is 0 Å². The summed E-state index contributed by atoms with van der Waals surface area (Å²) in [5.41, 5.74) is 4.48. The Morgan fingerprint density at radius 3 is 2.68 bits per heavy atom. The van der Waals surface area contributed by atoms with Crippen LogP contribution in [0.4, 0.5) is 5.69 Å². The van der Waals surface area contributed by atoms with Gasteiger partial charge < -0.3 is 10.2 Å². The average molecular weight is 276 g/mol. The van der Waals surface area contributed by atoms with Gasteiger partial charge in [-0.1, -0.05) is 17.7 Å². The molecule has 1 aliphatic rings. The standard InChI is InChI=1S/C15H18ClN3/c1-10-3-4-12(16)14-13(9-11(2)18-15(10)14)19-7-5-17-6-8-19/h3-4,9,17H,5-8H2,1-2H3. The lowest BCUT2D eigenvalue weighted by molar-refractivity contribution is 0.590. The molecular weight excluding hydrogens is 258 g/mol. The fourth-order valence-corrected chi connectivity index (χ4v) is 2.94. The van der Waals surface area contributed by atoms with Gasteiger partial charge in [-0.25, -0.2) is 0 Å². The van der Waals surface area contributed by atoms with Crippen LogP contribution in [0.2, 0.25) is 5.02 Å². The number of nitrogens with zero attached hydrogens (tertiary/aromatic N) is 2. The van der Waals surface area contributed by atoms with Gasteiger partial charge in [0.25, 0.3) is 0 Å². The van der Waals surface area contributed by atoms with Gasteiger partial charge in [0.1, 0.15) is 0 Å². The summed E-state index contributed by atoms with van der Waals surface area (Å²) in [5, 5.41) is 5.27. The maximum Gasteiger partial charge on any atom is 0.0770 e. The maximum atomic E-state index is 6.42. The summed E-state index contributed by atoms with van der Waals surface area (Å²) in [6, 6.07) is 6.17. The molecule has 0 amide bonds. The summed E-state index contributed by atoms with van der Waals surface area (Å²) < 4.78 is 0. The van der Waals surface area contributed by atoms with Crippen LogP contribution in [0.15, 0.2) is 18.2 Å². The Morgan fingerprint density at radius 2 is 1.95 bits per heavy atom. The quantitative estimate of drug-likeness (QED) is 0.867. The summed E-state index contributed by atoms with van der Waals surface area (Å²) in [4.78, 5) is 7.07. The molecule has 1 saturated heterocycles. The van der Waals surface area contributed by atoms with Gasteiger partial charge in [-0.05, 0) is 31.5 Å². The number of hydrogen-bond donors (Lipinski definition) is 1. The summed E-state index contributed by atoms with van der Waals surface area (Å²) in [6.07, 6.45) is 0. The Balaban J connectivity index is 2.24. The molecule has 0 bridgehead atoms. The smallest absolute Gasteiger partial charge is 0.0770 e. The number of piperazine rings is 1. The van der Waals surface area contributed by atoms with Crippen LogP contribution in [0.5, 0.6) is 0 Å². The number of nitrogens with one attached hydrogen (secondary N) is 1. The van der Waals surface area contributed by atoms with Crippen LogP contribution in [0.3, 0.4) is 0 Å². The van der Waals surface area contributed by atoms with Crippen molar-refractivity contribution in [3.63, 3.8) is 0 Å². The molecule has 0 saturated carbocycles. The third-order valence-electron chi connectivity index (χ3n) is 3.68. The van der Waals surface area contributed by atoms with E-state index >= 15 is 0 Å². The van der Waals surface area contributed by atoms with E-state index in [1.54, 1.807) is 0 Å². The molecule has 0 unspecified atom stereocenters. The van der Waals surface area contributed by atoms with E-state index in [-0.39, 0.29) is 0 Å². The zero-order valence-corrected chi connectivity index (χ0v) is 12.1. The van der Waals surface area contributed by atoms with Crippen molar-refractivity contribution in [2.24, 2.45) is 0 Å². The third kappa shape index (κ3) is 2.28. The molecule has 1 fully saturated rings. The minimum atomic E-state index is 0.793. The highest BCUT2D eigenvalue weighted by Gasteiger charge is 2.17. The van der Waals surface area contributed by atoms with Crippen molar-refractivity contribution in [3.05, 3.63) is 34.5 Å². The number of halogens is 1. The molecule has 4 heteroatoms. The summed E-state index contributed by atoms with van der Waals surface area (Å²) >= 11 is 6.42. The Bertz CT molecular complexity index is 618. The molecule has 1 aliphatic heterocycles. The summed E-state index contributed by atoms with van der Waals surface area (Å²) in [7, 11) is 0. The van der Waals surface area contributed by atoms with E-state index in [0.29, 0.717) is 0 Å². The summed E-state index contributed by atoms with van der Waals surface area (Å²) in [6.45, 7) is 8.21. The topological polar surface area (TPSA) is 28.2 Å². The van der Waals surface area contributed by atoms with Crippen LogP contribution in [0.25, 0.3) is 10.9 Å². The van der Waals surface area contributed by atoms with E-state index < -0.39 is 0 Å². The van der Waals surface area contributed by atoms with E-state index in [2.05, 4.69) is 28.2 Å². The number of anilines is 1. The van der Waals surface area contributed by atoms with Crippen molar-refractivity contribution in [1.82, 2.24) is 10.3 Å². The number of aromatic nitrogens is 1. The predicted octanol–water partition coefficient (Wildman–Crippen LogP) is 2.91. The second-order valence-corrected chi connectivity index (χ2v) is 5.51. The van der Waals surface area contributed by atoms with Crippen LogP contribution < -0.4 is 10.2 Å². The molecule has 0 spiro atoms. The van der Waals surface area contributed by atoms with Crippen LogP contribution in [0, 0.1) is 13.8 Å². The van der Waals surface area contributed by atoms with Crippen LogP contribution >= 0.6 is 11.6 Å². The van der Waals surface area contributed by atoms with Crippen molar-refractivity contribution in [3.8, 4) is 0 Å². The first-order valence-corrected chi connectivity index (χ1v) is 7.07. The molecule has 0 radical (unpaired) electrons. The molecule has 3 nitrogen and oxygen atoms in total. The Kier molecular flexibility index (Phi) is 3.33. The van der Waals surface area contributed by atoms with Crippen molar-refractivity contribution in [2.45, 2.75) is 13.8 Å². The number of hydrogen-bond acceptors (Lipinski definition) is 3. The molecule has 2 aromatic rings. The molecule has 0 aliphatic carbocycles. The largest absolute Gasteiger partial charge is 0.368 e. The molecule has 19 heavy (non-hydrogen) atoms. The normalized spacial score (nSPS) is 16.1. The molecule has 0 atom stereocenters. The monoisotopic (exact) mass is 275 g/mol. The number of fused-ring (bicyclic) bond motifs is 1. The first-order chi connectivity index (χ1) is 9.16. The van der Waals surface area contributed by atoms with Crippen molar-refractivity contribution in [2.75, 3.05) is 31.1 Å². The molecule has 1 aromatic heterocycles. The summed E-state index contributed by atoms with van der Waals surface area (Å²) in [5.74, 6) is 0. The maximum absolute atomic E-state index is 6.42. The Hall–Kier alpha value is -1.32. The zero-order valence-electron chi connectivity index (χ0n) is 11.3. The van der Waals surface area contributed by atoms with Gasteiger partial charge in [-0.2, -0.15) is 0 Å². The highest BCUT2D eigenvalue weighted by Crippen LogP contribution is 2.34. The number of rotatable bonds is 1. The molecule has 1 N–H and O–H groups in total. The minimum Gasteiger partial charge on any atom is -0.368 e. The highest BCUT2D eigenvalue weighted by atomic mass is 35.5. The van der Waals surface area contributed by atoms with Gasteiger partial charge in [-0.3, -0.25) is 4.98 Å². The minimum absolute atomic E-state index is 0.793. The number of benzene rings is 1.